The van der Waals surface area contributed by atoms with Gasteiger partial charge in [-0.25, -0.2) is 4.98 Å². The Hall–Kier alpha value is -1.84. The first-order chi connectivity index (χ1) is 9.15. The fourth-order valence-electron chi connectivity index (χ4n) is 2.70. The maximum Gasteiger partial charge on any atom is 0.303 e. The number of aromatic nitrogens is 2. The molecule has 0 bridgehead atoms. The molecule has 1 aromatic carbocycles. The molecule has 1 aromatic heterocycles. The van der Waals surface area contributed by atoms with E-state index in [2.05, 4.69) is 17.7 Å². The van der Waals surface area contributed by atoms with Gasteiger partial charge in [-0.05, 0) is 37.0 Å². The number of benzene rings is 1. The highest BCUT2D eigenvalue weighted by atomic mass is 16.4. The Morgan fingerprint density at radius 1 is 1.47 bits per heavy atom. The highest BCUT2D eigenvalue weighted by molar-refractivity contribution is 5.77. The first-order valence-corrected chi connectivity index (χ1v) is 6.82. The Kier molecular flexibility index (Phi) is 3.01. The standard InChI is InChI=1S/C15H18N2O2/c1-17-13-7-5-10(6-8-14(18)19)9-12(13)16-15(17)11-3-2-4-11/h5,7,9,11H,2-4,6,8H2,1H3,(H,18,19). The number of hydrogen-bond acceptors (Lipinski definition) is 2. The van der Waals surface area contributed by atoms with E-state index in [9.17, 15) is 4.79 Å². The zero-order valence-electron chi connectivity index (χ0n) is 11.1. The number of hydrogen-bond donors (Lipinski definition) is 1. The van der Waals surface area contributed by atoms with Crippen molar-refractivity contribution in [1.29, 1.82) is 0 Å². The molecule has 4 heteroatoms. The minimum Gasteiger partial charge on any atom is -0.481 e. The lowest BCUT2D eigenvalue weighted by molar-refractivity contribution is -0.136. The van der Waals surface area contributed by atoms with Crippen molar-refractivity contribution in [2.24, 2.45) is 7.05 Å². The van der Waals surface area contributed by atoms with Gasteiger partial charge in [0.15, 0.2) is 0 Å². The molecule has 0 saturated heterocycles. The molecule has 3 rings (SSSR count). The Morgan fingerprint density at radius 3 is 2.89 bits per heavy atom. The van der Waals surface area contributed by atoms with Gasteiger partial charge in [0.05, 0.1) is 11.0 Å². The summed E-state index contributed by atoms with van der Waals surface area (Å²) in [5.41, 5.74) is 3.18. The van der Waals surface area contributed by atoms with Crippen LogP contribution < -0.4 is 0 Å². The summed E-state index contributed by atoms with van der Waals surface area (Å²) in [7, 11) is 2.07. The summed E-state index contributed by atoms with van der Waals surface area (Å²) in [5, 5.41) is 8.73. The average Bonchev–Trinajstić information content (AvgIpc) is 2.62. The lowest BCUT2D eigenvalue weighted by Crippen LogP contribution is -2.13. The highest BCUT2D eigenvalue weighted by Crippen LogP contribution is 2.36. The first-order valence-electron chi connectivity index (χ1n) is 6.82. The minimum atomic E-state index is -0.753. The molecule has 0 radical (unpaired) electrons. The van der Waals surface area contributed by atoms with Crippen LogP contribution in [0.15, 0.2) is 18.2 Å². The second-order valence-corrected chi connectivity index (χ2v) is 5.37. The summed E-state index contributed by atoms with van der Waals surface area (Å²) in [5.74, 6) is 1.03. The summed E-state index contributed by atoms with van der Waals surface area (Å²) >= 11 is 0. The van der Waals surface area contributed by atoms with Crippen molar-refractivity contribution in [2.45, 2.75) is 38.0 Å². The number of nitrogens with zero attached hydrogens (tertiary/aromatic N) is 2. The third-order valence-corrected chi connectivity index (χ3v) is 4.08. The number of carbonyl (C=O) groups is 1. The maximum atomic E-state index is 10.6. The number of carboxylic acids is 1. The van der Waals surface area contributed by atoms with Gasteiger partial charge in [-0.1, -0.05) is 12.5 Å². The second kappa shape index (κ2) is 4.68. The van der Waals surface area contributed by atoms with E-state index in [4.69, 9.17) is 10.1 Å². The van der Waals surface area contributed by atoms with E-state index in [1.54, 1.807) is 0 Å². The number of fused-ring (bicyclic) bond motifs is 1. The predicted octanol–water partition coefficient (Wildman–Crippen LogP) is 2.86. The van der Waals surface area contributed by atoms with Gasteiger partial charge in [0, 0.05) is 19.4 Å². The lowest BCUT2D eigenvalue weighted by Gasteiger charge is -2.24. The number of imidazole rings is 1. The van der Waals surface area contributed by atoms with Gasteiger partial charge in [0.1, 0.15) is 5.82 Å². The van der Waals surface area contributed by atoms with Crippen LogP contribution in [0.1, 0.15) is 43.0 Å². The molecule has 0 amide bonds. The Labute approximate surface area is 112 Å². The largest absolute Gasteiger partial charge is 0.481 e. The Balaban J connectivity index is 1.92. The minimum absolute atomic E-state index is 0.174. The average molecular weight is 258 g/mol. The van der Waals surface area contributed by atoms with Crippen LogP contribution in [-0.2, 0) is 18.3 Å². The van der Waals surface area contributed by atoms with Crippen LogP contribution in [0.3, 0.4) is 0 Å². The van der Waals surface area contributed by atoms with Gasteiger partial charge >= 0.3 is 5.97 Å². The normalized spacial score (nSPS) is 15.6. The van der Waals surface area contributed by atoms with Crippen LogP contribution in [0.2, 0.25) is 0 Å². The summed E-state index contributed by atoms with van der Waals surface area (Å²) in [6.07, 6.45) is 4.53. The molecule has 0 atom stereocenters. The van der Waals surface area contributed by atoms with Gasteiger partial charge in [-0.2, -0.15) is 0 Å². The molecular formula is C15H18N2O2. The molecule has 1 aliphatic carbocycles. The van der Waals surface area contributed by atoms with E-state index in [0.717, 1.165) is 16.6 Å². The number of aryl methyl sites for hydroxylation is 2. The molecule has 4 nitrogen and oxygen atoms in total. The van der Waals surface area contributed by atoms with E-state index in [0.29, 0.717) is 12.3 Å². The third-order valence-electron chi connectivity index (χ3n) is 4.08. The van der Waals surface area contributed by atoms with Crippen LogP contribution in [0, 0.1) is 0 Å². The monoisotopic (exact) mass is 258 g/mol. The van der Waals surface area contributed by atoms with Crippen LogP contribution in [0.25, 0.3) is 11.0 Å². The molecule has 2 aromatic rings. The Morgan fingerprint density at radius 2 is 2.26 bits per heavy atom. The van der Waals surface area contributed by atoms with Crippen molar-refractivity contribution in [3.8, 4) is 0 Å². The first kappa shape index (κ1) is 12.2. The molecule has 19 heavy (non-hydrogen) atoms. The van der Waals surface area contributed by atoms with Gasteiger partial charge < -0.3 is 9.67 Å². The van der Waals surface area contributed by atoms with E-state index in [1.165, 1.54) is 25.1 Å². The van der Waals surface area contributed by atoms with Crippen LogP contribution in [-0.4, -0.2) is 20.6 Å². The zero-order valence-corrected chi connectivity index (χ0v) is 11.1. The molecule has 1 saturated carbocycles. The van der Waals surface area contributed by atoms with Crippen molar-refractivity contribution in [3.05, 3.63) is 29.6 Å². The van der Waals surface area contributed by atoms with E-state index >= 15 is 0 Å². The fourth-order valence-corrected chi connectivity index (χ4v) is 2.70. The molecular weight excluding hydrogens is 240 g/mol. The summed E-state index contributed by atoms with van der Waals surface area (Å²) in [4.78, 5) is 15.3. The summed E-state index contributed by atoms with van der Waals surface area (Å²) < 4.78 is 2.18. The molecule has 100 valence electrons. The molecule has 0 spiro atoms. The quantitative estimate of drug-likeness (QED) is 0.917. The van der Waals surface area contributed by atoms with Crippen molar-refractivity contribution in [2.75, 3.05) is 0 Å². The van der Waals surface area contributed by atoms with Crippen LogP contribution >= 0.6 is 0 Å². The zero-order chi connectivity index (χ0) is 13.4. The van der Waals surface area contributed by atoms with E-state index in [1.807, 2.05) is 12.1 Å². The summed E-state index contributed by atoms with van der Waals surface area (Å²) in [6.45, 7) is 0. The second-order valence-electron chi connectivity index (χ2n) is 5.37. The van der Waals surface area contributed by atoms with Crippen molar-refractivity contribution in [3.63, 3.8) is 0 Å². The predicted molar refractivity (Wildman–Crippen MR) is 73.3 cm³/mol. The molecule has 1 fully saturated rings. The SMILES string of the molecule is Cn1c(C2CCC2)nc2cc(CCC(=O)O)ccc21. The van der Waals surface area contributed by atoms with Gasteiger partial charge in [0.25, 0.3) is 0 Å². The van der Waals surface area contributed by atoms with Crippen molar-refractivity contribution < 1.29 is 9.90 Å². The van der Waals surface area contributed by atoms with Gasteiger partial charge in [-0.3, -0.25) is 4.79 Å². The van der Waals surface area contributed by atoms with Crippen molar-refractivity contribution >= 4 is 17.0 Å². The third kappa shape index (κ3) is 2.23. The molecule has 1 aliphatic rings. The van der Waals surface area contributed by atoms with E-state index < -0.39 is 5.97 Å². The van der Waals surface area contributed by atoms with Crippen LogP contribution in [0.4, 0.5) is 0 Å². The summed E-state index contributed by atoms with van der Waals surface area (Å²) in [6, 6.07) is 6.10. The molecule has 0 aliphatic heterocycles. The topological polar surface area (TPSA) is 55.1 Å². The van der Waals surface area contributed by atoms with Gasteiger partial charge in [-0.15, -0.1) is 0 Å². The van der Waals surface area contributed by atoms with E-state index in [-0.39, 0.29) is 6.42 Å². The lowest BCUT2D eigenvalue weighted by atomic mass is 9.85. The number of carboxylic acid groups (broad SMARTS) is 1. The smallest absolute Gasteiger partial charge is 0.303 e. The number of rotatable bonds is 4. The molecule has 1 N–H and O–H groups in total. The molecule has 1 heterocycles. The fraction of sp³-hybridized carbons (Fsp3) is 0.467. The van der Waals surface area contributed by atoms with Crippen LogP contribution in [0.5, 0.6) is 0 Å². The highest BCUT2D eigenvalue weighted by Gasteiger charge is 2.24. The van der Waals surface area contributed by atoms with Gasteiger partial charge in [0.2, 0.25) is 0 Å². The number of aliphatic carboxylic acids is 1. The molecule has 0 unspecified atom stereocenters. The maximum absolute atomic E-state index is 10.6. The Bertz CT molecular complexity index is 626. The van der Waals surface area contributed by atoms with Crippen molar-refractivity contribution in [1.82, 2.24) is 9.55 Å².